The van der Waals surface area contributed by atoms with Crippen molar-refractivity contribution in [3.63, 3.8) is 0 Å². The van der Waals surface area contributed by atoms with Crippen LogP contribution in [-0.2, 0) is 6.54 Å². The molecule has 2 saturated heterocycles. The molecule has 1 aromatic carbocycles. The highest BCUT2D eigenvalue weighted by molar-refractivity contribution is 5.43. The van der Waals surface area contributed by atoms with Crippen LogP contribution < -0.4 is 4.90 Å². The minimum Gasteiger partial charge on any atom is -0.357 e. The first-order valence-electron chi connectivity index (χ1n) is 9.32. The van der Waals surface area contributed by atoms with Crippen LogP contribution in [0.5, 0.6) is 0 Å². The van der Waals surface area contributed by atoms with Gasteiger partial charge in [-0.3, -0.25) is 4.90 Å². The van der Waals surface area contributed by atoms with E-state index in [1.54, 1.807) is 0 Å². The van der Waals surface area contributed by atoms with Crippen molar-refractivity contribution in [3.05, 3.63) is 59.3 Å². The number of likely N-dealkylation sites (tertiary alicyclic amines) is 1. The fraction of sp³-hybridized carbons (Fsp3) is 0.476. The minimum absolute atomic E-state index is 0.519. The van der Waals surface area contributed by atoms with Crippen molar-refractivity contribution in [1.29, 1.82) is 0 Å². The van der Waals surface area contributed by atoms with E-state index in [-0.39, 0.29) is 0 Å². The number of anilines is 1. The Balaban J connectivity index is 1.53. The third kappa shape index (κ3) is 3.18. The van der Waals surface area contributed by atoms with Gasteiger partial charge in [-0.2, -0.15) is 0 Å². The fourth-order valence-electron chi connectivity index (χ4n) is 4.22. The molecule has 0 N–H and O–H groups in total. The van der Waals surface area contributed by atoms with Gasteiger partial charge in [0.2, 0.25) is 0 Å². The molecule has 0 aliphatic carbocycles. The van der Waals surface area contributed by atoms with Gasteiger partial charge in [-0.15, -0.1) is 0 Å². The maximum atomic E-state index is 4.94. The van der Waals surface area contributed by atoms with Gasteiger partial charge < -0.3 is 4.90 Å². The van der Waals surface area contributed by atoms with Gasteiger partial charge >= 0.3 is 0 Å². The lowest BCUT2D eigenvalue weighted by atomic mass is 10.0. The Morgan fingerprint density at radius 2 is 1.75 bits per heavy atom. The third-order valence-corrected chi connectivity index (χ3v) is 5.49. The number of aromatic nitrogens is 1. The maximum absolute atomic E-state index is 4.94. The molecule has 3 heteroatoms. The van der Waals surface area contributed by atoms with Crippen LogP contribution in [0.15, 0.2) is 42.5 Å². The highest BCUT2D eigenvalue weighted by atomic mass is 15.2. The van der Waals surface area contributed by atoms with Crippen molar-refractivity contribution >= 4 is 5.82 Å². The average molecular weight is 321 g/mol. The van der Waals surface area contributed by atoms with Crippen molar-refractivity contribution in [2.75, 3.05) is 24.5 Å². The largest absolute Gasteiger partial charge is 0.357 e. The van der Waals surface area contributed by atoms with Gasteiger partial charge in [-0.1, -0.05) is 36.4 Å². The summed E-state index contributed by atoms with van der Waals surface area (Å²) in [6.45, 7) is 6.74. The molecule has 1 aromatic heterocycles. The summed E-state index contributed by atoms with van der Waals surface area (Å²) in [6, 6.07) is 15.9. The van der Waals surface area contributed by atoms with Gasteiger partial charge in [0.25, 0.3) is 0 Å². The first kappa shape index (κ1) is 15.6. The Labute approximate surface area is 145 Å². The zero-order valence-corrected chi connectivity index (χ0v) is 14.6. The molecule has 2 aliphatic rings. The van der Waals surface area contributed by atoms with Crippen LogP contribution in [0.2, 0.25) is 0 Å². The standard InChI is InChI=1S/C21H27N3/c1-17-19(11-12-21(22-17)23-13-5-6-14-23)20-10-7-15-24(20)16-18-8-3-2-4-9-18/h2-4,8-9,11-12,20H,5-7,10,13-16H2,1H3/t20-/m1/s1. The number of hydrogen-bond acceptors (Lipinski definition) is 3. The zero-order chi connectivity index (χ0) is 16.4. The molecular formula is C21H27N3. The highest BCUT2D eigenvalue weighted by Crippen LogP contribution is 2.35. The van der Waals surface area contributed by atoms with Gasteiger partial charge in [0.1, 0.15) is 5.82 Å². The molecule has 24 heavy (non-hydrogen) atoms. The van der Waals surface area contributed by atoms with Crippen molar-refractivity contribution < 1.29 is 0 Å². The molecule has 126 valence electrons. The van der Waals surface area contributed by atoms with E-state index in [2.05, 4.69) is 59.2 Å². The normalized spacial score (nSPS) is 21.5. The molecule has 4 rings (SSSR count). The number of aryl methyl sites for hydroxylation is 1. The average Bonchev–Trinajstić information content (AvgIpc) is 3.28. The Morgan fingerprint density at radius 3 is 2.50 bits per heavy atom. The van der Waals surface area contributed by atoms with Crippen LogP contribution in [0.4, 0.5) is 5.82 Å². The van der Waals surface area contributed by atoms with Crippen LogP contribution in [0.3, 0.4) is 0 Å². The minimum atomic E-state index is 0.519. The quantitative estimate of drug-likeness (QED) is 0.835. The molecule has 2 aromatic rings. The number of pyridine rings is 1. The Morgan fingerprint density at radius 1 is 0.958 bits per heavy atom. The lowest BCUT2D eigenvalue weighted by molar-refractivity contribution is 0.247. The SMILES string of the molecule is Cc1nc(N2CCCC2)ccc1[C@H]1CCCN1Cc1ccccc1. The Hall–Kier alpha value is -1.87. The van der Waals surface area contributed by atoms with Crippen molar-refractivity contribution in [2.45, 2.75) is 45.2 Å². The van der Waals surface area contributed by atoms with Gasteiger partial charge in [0.15, 0.2) is 0 Å². The molecule has 2 aliphatic heterocycles. The van der Waals surface area contributed by atoms with Gasteiger partial charge in [0.05, 0.1) is 0 Å². The van der Waals surface area contributed by atoms with E-state index < -0.39 is 0 Å². The zero-order valence-electron chi connectivity index (χ0n) is 14.6. The van der Waals surface area contributed by atoms with Gasteiger partial charge in [-0.05, 0) is 56.3 Å². The lowest BCUT2D eigenvalue weighted by Crippen LogP contribution is -2.24. The topological polar surface area (TPSA) is 19.4 Å². The van der Waals surface area contributed by atoms with E-state index in [1.165, 1.54) is 54.9 Å². The molecule has 0 amide bonds. The summed E-state index contributed by atoms with van der Waals surface area (Å²) >= 11 is 0. The van der Waals surface area contributed by atoms with E-state index in [0.29, 0.717) is 6.04 Å². The smallest absolute Gasteiger partial charge is 0.128 e. The van der Waals surface area contributed by atoms with Crippen LogP contribution >= 0.6 is 0 Å². The number of nitrogens with zero attached hydrogens (tertiary/aromatic N) is 3. The lowest BCUT2D eigenvalue weighted by Gasteiger charge is -2.27. The van der Waals surface area contributed by atoms with Crippen LogP contribution in [0, 0.1) is 6.92 Å². The van der Waals surface area contributed by atoms with Crippen LogP contribution in [0.25, 0.3) is 0 Å². The van der Waals surface area contributed by atoms with Crippen molar-refractivity contribution in [1.82, 2.24) is 9.88 Å². The monoisotopic (exact) mass is 321 g/mol. The fourth-order valence-corrected chi connectivity index (χ4v) is 4.22. The number of benzene rings is 1. The second-order valence-corrected chi connectivity index (χ2v) is 7.15. The molecule has 1 atom stereocenters. The van der Waals surface area contributed by atoms with E-state index in [9.17, 15) is 0 Å². The van der Waals surface area contributed by atoms with Gasteiger partial charge in [-0.25, -0.2) is 4.98 Å². The van der Waals surface area contributed by atoms with E-state index in [1.807, 2.05) is 0 Å². The first-order valence-corrected chi connectivity index (χ1v) is 9.32. The summed E-state index contributed by atoms with van der Waals surface area (Å²) in [5.74, 6) is 1.17. The van der Waals surface area contributed by atoms with Crippen LogP contribution in [-0.4, -0.2) is 29.5 Å². The number of rotatable bonds is 4. The van der Waals surface area contributed by atoms with E-state index >= 15 is 0 Å². The second-order valence-electron chi connectivity index (χ2n) is 7.15. The molecule has 2 fully saturated rings. The van der Waals surface area contributed by atoms with Crippen molar-refractivity contribution in [3.8, 4) is 0 Å². The summed E-state index contributed by atoms with van der Waals surface area (Å²) in [7, 11) is 0. The van der Waals surface area contributed by atoms with Crippen LogP contribution in [0.1, 0.15) is 48.5 Å². The third-order valence-electron chi connectivity index (χ3n) is 5.49. The molecule has 0 radical (unpaired) electrons. The molecule has 3 heterocycles. The predicted molar refractivity (Wildman–Crippen MR) is 99.2 cm³/mol. The van der Waals surface area contributed by atoms with Gasteiger partial charge in [0, 0.05) is 31.4 Å². The molecule has 0 bridgehead atoms. The van der Waals surface area contributed by atoms with E-state index in [0.717, 1.165) is 19.6 Å². The van der Waals surface area contributed by atoms with Crippen molar-refractivity contribution in [2.24, 2.45) is 0 Å². The molecule has 3 nitrogen and oxygen atoms in total. The van der Waals surface area contributed by atoms with E-state index in [4.69, 9.17) is 4.98 Å². The molecule has 0 unspecified atom stereocenters. The molecular weight excluding hydrogens is 294 g/mol. The second kappa shape index (κ2) is 6.94. The summed E-state index contributed by atoms with van der Waals surface area (Å²) in [6.07, 6.45) is 5.13. The summed E-state index contributed by atoms with van der Waals surface area (Å²) in [5, 5.41) is 0. The Bertz CT molecular complexity index is 677. The Kier molecular flexibility index (Phi) is 4.52. The molecule has 0 saturated carbocycles. The number of hydrogen-bond donors (Lipinski definition) is 0. The first-order chi connectivity index (χ1) is 11.8. The molecule has 0 spiro atoms. The highest BCUT2D eigenvalue weighted by Gasteiger charge is 2.28. The summed E-state index contributed by atoms with van der Waals surface area (Å²) < 4.78 is 0. The maximum Gasteiger partial charge on any atom is 0.128 e. The summed E-state index contributed by atoms with van der Waals surface area (Å²) in [5.41, 5.74) is 4.04. The predicted octanol–water partition coefficient (Wildman–Crippen LogP) is 4.33. The summed E-state index contributed by atoms with van der Waals surface area (Å²) in [4.78, 5) is 9.98.